The molecule has 1 aromatic heterocycles. The highest BCUT2D eigenvalue weighted by atomic mass is 32.2. The zero-order valence-electron chi connectivity index (χ0n) is 15.1. The van der Waals surface area contributed by atoms with Crippen molar-refractivity contribution in [3.63, 3.8) is 0 Å². The van der Waals surface area contributed by atoms with Crippen LogP contribution in [0.15, 0.2) is 71.8 Å². The molecule has 0 saturated heterocycles. The molecule has 0 atom stereocenters. The second-order valence-electron chi connectivity index (χ2n) is 5.89. The predicted molar refractivity (Wildman–Crippen MR) is 107 cm³/mol. The SMILES string of the molecule is CCc1ccc(S(=O)(=O)Nc2ccc(Nc3ccc(OC)cc3)nc2)cc1. The Morgan fingerprint density at radius 2 is 1.59 bits per heavy atom. The lowest BCUT2D eigenvalue weighted by atomic mass is 10.2. The largest absolute Gasteiger partial charge is 0.497 e. The van der Waals surface area contributed by atoms with Crippen LogP contribution in [-0.4, -0.2) is 20.5 Å². The topological polar surface area (TPSA) is 80.3 Å². The average Bonchev–Trinajstić information content (AvgIpc) is 2.70. The first kappa shape index (κ1) is 18.7. The second-order valence-corrected chi connectivity index (χ2v) is 7.57. The molecule has 1 heterocycles. The van der Waals surface area contributed by atoms with Gasteiger partial charge in [0.05, 0.1) is 23.9 Å². The first-order valence-electron chi connectivity index (χ1n) is 8.49. The number of anilines is 3. The molecule has 0 spiro atoms. The maximum absolute atomic E-state index is 12.5. The van der Waals surface area contributed by atoms with Crippen LogP contribution in [0, 0.1) is 0 Å². The molecule has 7 heteroatoms. The van der Waals surface area contributed by atoms with Crippen molar-refractivity contribution in [1.29, 1.82) is 0 Å². The third kappa shape index (κ3) is 4.77. The van der Waals surface area contributed by atoms with Gasteiger partial charge in [-0.1, -0.05) is 19.1 Å². The zero-order chi connectivity index (χ0) is 19.3. The molecule has 2 N–H and O–H groups in total. The van der Waals surface area contributed by atoms with Crippen LogP contribution in [0.25, 0.3) is 0 Å². The van der Waals surface area contributed by atoms with Gasteiger partial charge in [0.2, 0.25) is 0 Å². The van der Waals surface area contributed by atoms with Gasteiger partial charge in [0.1, 0.15) is 11.6 Å². The van der Waals surface area contributed by atoms with Crippen LogP contribution < -0.4 is 14.8 Å². The summed E-state index contributed by atoms with van der Waals surface area (Å²) in [5.74, 6) is 1.38. The van der Waals surface area contributed by atoms with Crippen molar-refractivity contribution >= 4 is 27.2 Å². The molecule has 0 saturated carbocycles. The van der Waals surface area contributed by atoms with Crippen LogP contribution >= 0.6 is 0 Å². The van der Waals surface area contributed by atoms with Crippen molar-refractivity contribution in [1.82, 2.24) is 4.98 Å². The molecule has 6 nitrogen and oxygen atoms in total. The van der Waals surface area contributed by atoms with Gasteiger partial charge in [-0.3, -0.25) is 4.72 Å². The van der Waals surface area contributed by atoms with Gasteiger partial charge in [-0.25, -0.2) is 13.4 Å². The molecule has 0 bridgehead atoms. The Morgan fingerprint density at radius 3 is 2.15 bits per heavy atom. The third-order valence-corrected chi connectivity index (χ3v) is 5.42. The Kier molecular flexibility index (Phi) is 5.61. The Labute approximate surface area is 159 Å². The Hall–Kier alpha value is -3.06. The van der Waals surface area contributed by atoms with Crippen LogP contribution in [0.5, 0.6) is 5.75 Å². The van der Waals surface area contributed by atoms with Gasteiger partial charge in [0, 0.05) is 5.69 Å². The molecule has 0 radical (unpaired) electrons. The van der Waals surface area contributed by atoms with E-state index < -0.39 is 10.0 Å². The highest BCUT2D eigenvalue weighted by Gasteiger charge is 2.14. The van der Waals surface area contributed by atoms with Gasteiger partial charge in [-0.2, -0.15) is 0 Å². The average molecular weight is 383 g/mol. The van der Waals surface area contributed by atoms with Crippen molar-refractivity contribution in [2.24, 2.45) is 0 Å². The lowest BCUT2D eigenvalue weighted by Gasteiger charge is -2.10. The van der Waals surface area contributed by atoms with Crippen molar-refractivity contribution in [3.8, 4) is 5.75 Å². The summed E-state index contributed by atoms with van der Waals surface area (Å²) in [6, 6.07) is 17.6. The molecule has 0 amide bonds. The molecular weight excluding hydrogens is 362 g/mol. The smallest absolute Gasteiger partial charge is 0.261 e. The normalized spacial score (nSPS) is 11.0. The molecule has 3 rings (SSSR count). The minimum Gasteiger partial charge on any atom is -0.497 e. The molecule has 0 fully saturated rings. The summed E-state index contributed by atoms with van der Waals surface area (Å²) < 4.78 is 32.6. The van der Waals surface area contributed by atoms with E-state index >= 15 is 0 Å². The summed E-state index contributed by atoms with van der Waals surface area (Å²) in [4.78, 5) is 4.47. The summed E-state index contributed by atoms with van der Waals surface area (Å²) in [6.45, 7) is 2.02. The van der Waals surface area contributed by atoms with Gasteiger partial charge >= 0.3 is 0 Å². The summed E-state index contributed by atoms with van der Waals surface area (Å²) >= 11 is 0. The number of sulfonamides is 1. The predicted octanol–water partition coefficient (Wildman–Crippen LogP) is 4.20. The van der Waals surface area contributed by atoms with Gasteiger partial charge < -0.3 is 10.1 Å². The van der Waals surface area contributed by atoms with Gasteiger partial charge in [0.25, 0.3) is 10.0 Å². The van der Waals surface area contributed by atoms with E-state index in [2.05, 4.69) is 15.0 Å². The lowest BCUT2D eigenvalue weighted by Crippen LogP contribution is -2.13. The monoisotopic (exact) mass is 383 g/mol. The molecular formula is C20H21N3O3S. The summed E-state index contributed by atoms with van der Waals surface area (Å²) in [7, 11) is -2.03. The molecule has 27 heavy (non-hydrogen) atoms. The molecule has 0 unspecified atom stereocenters. The van der Waals surface area contributed by atoms with E-state index in [1.54, 1.807) is 31.4 Å². The van der Waals surface area contributed by atoms with Crippen molar-refractivity contribution in [2.45, 2.75) is 18.2 Å². The summed E-state index contributed by atoms with van der Waals surface area (Å²) in [5, 5.41) is 3.15. The third-order valence-electron chi connectivity index (χ3n) is 4.02. The van der Waals surface area contributed by atoms with E-state index in [0.717, 1.165) is 23.4 Å². The van der Waals surface area contributed by atoms with Gasteiger partial charge in [-0.05, 0) is 60.5 Å². The Bertz CT molecular complexity index is 984. The number of nitrogens with zero attached hydrogens (tertiary/aromatic N) is 1. The van der Waals surface area contributed by atoms with Gasteiger partial charge in [0.15, 0.2) is 0 Å². The number of aromatic nitrogens is 1. The number of aryl methyl sites for hydroxylation is 1. The van der Waals surface area contributed by atoms with E-state index in [0.29, 0.717) is 11.5 Å². The maximum Gasteiger partial charge on any atom is 0.261 e. The number of ether oxygens (including phenoxy) is 1. The number of methoxy groups -OCH3 is 1. The van der Waals surface area contributed by atoms with Crippen LogP contribution in [-0.2, 0) is 16.4 Å². The fraction of sp³-hybridized carbons (Fsp3) is 0.150. The number of benzene rings is 2. The number of hydrogen-bond donors (Lipinski definition) is 2. The van der Waals surface area contributed by atoms with E-state index in [9.17, 15) is 8.42 Å². The Morgan fingerprint density at radius 1 is 0.926 bits per heavy atom. The van der Waals surface area contributed by atoms with E-state index in [1.807, 2.05) is 43.3 Å². The lowest BCUT2D eigenvalue weighted by molar-refractivity contribution is 0.415. The van der Waals surface area contributed by atoms with Crippen molar-refractivity contribution < 1.29 is 13.2 Å². The Balaban J connectivity index is 1.68. The minimum absolute atomic E-state index is 0.222. The van der Waals surface area contributed by atoms with E-state index in [-0.39, 0.29) is 4.90 Å². The van der Waals surface area contributed by atoms with E-state index in [1.165, 1.54) is 6.20 Å². The first-order chi connectivity index (χ1) is 13.0. The van der Waals surface area contributed by atoms with Crippen molar-refractivity contribution in [3.05, 3.63) is 72.4 Å². The number of nitrogens with one attached hydrogen (secondary N) is 2. The highest BCUT2D eigenvalue weighted by Crippen LogP contribution is 2.21. The fourth-order valence-electron chi connectivity index (χ4n) is 2.47. The number of pyridine rings is 1. The summed E-state index contributed by atoms with van der Waals surface area (Å²) in [5.41, 5.74) is 2.34. The number of hydrogen-bond acceptors (Lipinski definition) is 5. The van der Waals surface area contributed by atoms with Gasteiger partial charge in [-0.15, -0.1) is 0 Å². The molecule has 0 aliphatic heterocycles. The molecule has 2 aromatic carbocycles. The van der Waals surface area contributed by atoms with E-state index in [4.69, 9.17) is 4.74 Å². The van der Waals surface area contributed by atoms with Crippen molar-refractivity contribution in [2.75, 3.05) is 17.1 Å². The summed E-state index contributed by atoms with van der Waals surface area (Å²) in [6.07, 6.45) is 2.34. The highest BCUT2D eigenvalue weighted by molar-refractivity contribution is 7.92. The molecule has 0 aliphatic carbocycles. The fourth-order valence-corrected chi connectivity index (χ4v) is 3.51. The second kappa shape index (κ2) is 8.09. The van der Waals surface area contributed by atoms with Crippen LogP contribution in [0.3, 0.4) is 0 Å². The number of rotatable bonds is 7. The van der Waals surface area contributed by atoms with Crippen LogP contribution in [0.2, 0.25) is 0 Å². The molecule has 3 aromatic rings. The van der Waals surface area contributed by atoms with Crippen LogP contribution in [0.1, 0.15) is 12.5 Å². The molecule has 140 valence electrons. The maximum atomic E-state index is 12.5. The quantitative estimate of drug-likeness (QED) is 0.639. The minimum atomic E-state index is -3.64. The standard InChI is InChI=1S/C20H21N3O3S/c1-3-15-4-11-19(12-5-15)27(24,25)23-17-8-13-20(21-14-17)22-16-6-9-18(26-2)10-7-16/h4-14,23H,3H2,1-2H3,(H,21,22). The first-order valence-corrected chi connectivity index (χ1v) is 9.97. The van der Waals surface area contributed by atoms with Crippen LogP contribution in [0.4, 0.5) is 17.2 Å². The molecule has 0 aliphatic rings. The zero-order valence-corrected chi connectivity index (χ0v) is 16.0.